The Labute approximate surface area is 220 Å². The molecule has 3 aromatic carbocycles. The average molecular weight is 550 g/mol. The molecule has 0 bridgehead atoms. The third kappa shape index (κ3) is 5.04. The maximum Gasteiger partial charge on any atom is 0.265 e. The highest BCUT2D eigenvalue weighted by atomic mass is 32.2. The lowest BCUT2D eigenvalue weighted by molar-refractivity contribution is 0.430. The topological polar surface area (TPSA) is 136 Å². The second-order valence-electron chi connectivity index (χ2n) is 8.45. The maximum atomic E-state index is 13.5. The Bertz CT molecular complexity index is 1800. The van der Waals surface area contributed by atoms with Gasteiger partial charge in [0.15, 0.2) is 0 Å². The molecule has 0 unspecified atom stereocenters. The van der Waals surface area contributed by atoms with Crippen LogP contribution in [0.15, 0.2) is 105 Å². The van der Waals surface area contributed by atoms with Crippen LogP contribution in [-0.2, 0) is 20.0 Å². The van der Waals surface area contributed by atoms with Gasteiger partial charge in [0, 0.05) is 16.8 Å². The molecule has 38 heavy (non-hydrogen) atoms. The molecule has 10 nitrogen and oxygen atoms in total. The summed E-state index contributed by atoms with van der Waals surface area (Å²) in [5.41, 5.74) is 2.93. The summed E-state index contributed by atoms with van der Waals surface area (Å²) in [6.07, 6.45) is 1.45. The number of nitrogens with zero attached hydrogens (tertiary/aromatic N) is 3. The van der Waals surface area contributed by atoms with Crippen LogP contribution < -0.4 is 9.44 Å². The van der Waals surface area contributed by atoms with Crippen LogP contribution in [0.3, 0.4) is 0 Å². The lowest BCUT2D eigenvalue weighted by Gasteiger charge is -2.10. The standard InChI is InChI=1S/C26H23N5O5S2/c1-18-19(2)28-36-26(18)30-37(32,33)23-15-13-21(14-16-23)29-38(34,35)24-17-31(22-11-7-4-8-12-22)27-25(24)20-9-5-3-6-10-20/h3-17,29-30H,1-2H3. The van der Waals surface area contributed by atoms with E-state index in [0.29, 0.717) is 22.5 Å². The largest absolute Gasteiger partial charge is 0.337 e. The van der Waals surface area contributed by atoms with E-state index in [9.17, 15) is 16.8 Å². The van der Waals surface area contributed by atoms with Gasteiger partial charge in [-0.15, -0.1) is 0 Å². The molecule has 2 N–H and O–H groups in total. The van der Waals surface area contributed by atoms with E-state index in [1.165, 1.54) is 35.1 Å². The number of para-hydroxylation sites is 1. The number of sulfonamides is 2. The fourth-order valence-corrected chi connectivity index (χ4v) is 5.92. The predicted molar refractivity (Wildman–Crippen MR) is 143 cm³/mol. The van der Waals surface area contributed by atoms with Crippen molar-refractivity contribution in [1.29, 1.82) is 0 Å². The quantitative estimate of drug-likeness (QED) is 0.285. The summed E-state index contributed by atoms with van der Waals surface area (Å²) in [5, 5.41) is 8.29. The average Bonchev–Trinajstić information content (AvgIpc) is 3.50. The van der Waals surface area contributed by atoms with Crippen LogP contribution in [-0.4, -0.2) is 31.8 Å². The zero-order chi connectivity index (χ0) is 26.9. The van der Waals surface area contributed by atoms with Gasteiger partial charge in [-0.3, -0.25) is 4.72 Å². The minimum atomic E-state index is -4.10. The molecule has 0 amide bonds. The molecule has 0 spiro atoms. The summed E-state index contributed by atoms with van der Waals surface area (Å²) < 4.78 is 63.9. The van der Waals surface area contributed by atoms with Gasteiger partial charge in [0.05, 0.1) is 22.5 Å². The first-order chi connectivity index (χ1) is 18.1. The fourth-order valence-electron chi connectivity index (χ4n) is 3.67. The second kappa shape index (κ2) is 9.80. The van der Waals surface area contributed by atoms with Crippen LogP contribution >= 0.6 is 0 Å². The van der Waals surface area contributed by atoms with Gasteiger partial charge in [-0.05, 0) is 50.2 Å². The Kier molecular flexibility index (Phi) is 6.51. The van der Waals surface area contributed by atoms with Crippen molar-refractivity contribution in [2.75, 3.05) is 9.44 Å². The van der Waals surface area contributed by atoms with E-state index in [1.54, 1.807) is 38.1 Å². The number of hydrogen-bond donors (Lipinski definition) is 2. The van der Waals surface area contributed by atoms with Gasteiger partial charge in [-0.2, -0.15) is 5.10 Å². The summed E-state index contributed by atoms with van der Waals surface area (Å²) in [6.45, 7) is 3.38. The van der Waals surface area contributed by atoms with Crippen molar-refractivity contribution in [2.45, 2.75) is 23.6 Å². The van der Waals surface area contributed by atoms with Gasteiger partial charge in [-0.1, -0.05) is 53.7 Å². The van der Waals surface area contributed by atoms with Gasteiger partial charge in [-0.25, -0.2) is 26.2 Å². The zero-order valence-corrected chi connectivity index (χ0v) is 22.0. The minimum absolute atomic E-state index is 0.0242. The smallest absolute Gasteiger partial charge is 0.265 e. The van der Waals surface area contributed by atoms with Crippen molar-refractivity contribution in [3.8, 4) is 16.9 Å². The molecule has 0 fully saturated rings. The van der Waals surface area contributed by atoms with Gasteiger partial charge in [0.25, 0.3) is 20.0 Å². The summed E-state index contributed by atoms with van der Waals surface area (Å²) >= 11 is 0. The molecule has 2 aromatic heterocycles. The molecule has 0 atom stereocenters. The van der Waals surface area contributed by atoms with E-state index >= 15 is 0 Å². The number of rotatable bonds is 8. The summed E-state index contributed by atoms with van der Waals surface area (Å²) in [5.74, 6) is 0.0242. The second-order valence-corrected chi connectivity index (χ2v) is 11.8. The molecule has 5 rings (SSSR count). The number of anilines is 2. The molecule has 0 radical (unpaired) electrons. The lowest BCUT2D eigenvalue weighted by Crippen LogP contribution is -2.15. The molecule has 194 valence electrons. The van der Waals surface area contributed by atoms with Crippen molar-refractivity contribution in [2.24, 2.45) is 0 Å². The minimum Gasteiger partial charge on any atom is -0.337 e. The van der Waals surface area contributed by atoms with E-state index < -0.39 is 20.0 Å². The SMILES string of the molecule is Cc1noc(NS(=O)(=O)c2ccc(NS(=O)(=O)c3cn(-c4ccccc4)nc3-c3ccccc3)cc2)c1C. The zero-order valence-electron chi connectivity index (χ0n) is 20.4. The third-order valence-electron chi connectivity index (χ3n) is 5.84. The summed E-state index contributed by atoms with van der Waals surface area (Å²) in [4.78, 5) is -0.0992. The van der Waals surface area contributed by atoms with Crippen molar-refractivity contribution in [1.82, 2.24) is 14.9 Å². The Morgan fingerprint density at radius 2 is 1.39 bits per heavy atom. The monoisotopic (exact) mass is 549 g/mol. The van der Waals surface area contributed by atoms with Crippen molar-refractivity contribution in [3.05, 3.63) is 102 Å². The fraction of sp³-hybridized carbons (Fsp3) is 0.0769. The number of aryl methyl sites for hydroxylation is 1. The molecule has 12 heteroatoms. The molecule has 2 heterocycles. The molecule has 5 aromatic rings. The van der Waals surface area contributed by atoms with Gasteiger partial charge in [0.2, 0.25) is 5.88 Å². The van der Waals surface area contributed by atoms with Crippen molar-refractivity contribution >= 4 is 31.6 Å². The van der Waals surface area contributed by atoms with E-state index in [0.717, 1.165) is 0 Å². The highest BCUT2D eigenvalue weighted by Gasteiger charge is 2.25. The lowest BCUT2D eigenvalue weighted by atomic mass is 10.2. The van der Waals surface area contributed by atoms with Crippen molar-refractivity contribution in [3.63, 3.8) is 0 Å². The molecule has 0 saturated carbocycles. The number of aromatic nitrogens is 3. The van der Waals surface area contributed by atoms with Gasteiger partial charge in [0.1, 0.15) is 10.6 Å². The molecule has 0 aliphatic rings. The first kappa shape index (κ1) is 25.2. The van der Waals surface area contributed by atoms with Crippen molar-refractivity contribution < 1.29 is 21.4 Å². The molecule has 0 aliphatic carbocycles. The van der Waals surface area contributed by atoms with E-state index in [1.807, 2.05) is 36.4 Å². The number of nitrogens with one attached hydrogen (secondary N) is 2. The van der Waals surface area contributed by atoms with E-state index in [4.69, 9.17) is 4.52 Å². The summed E-state index contributed by atoms with van der Waals surface area (Å²) in [6, 6.07) is 23.5. The highest BCUT2D eigenvalue weighted by Crippen LogP contribution is 2.29. The first-order valence-corrected chi connectivity index (χ1v) is 14.4. The molecular weight excluding hydrogens is 526 g/mol. The van der Waals surface area contributed by atoms with Crippen LogP contribution in [0.4, 0.5) is 11.6 Å². The van der Waals surface area contributed by atoms with E-state index in [-0.39, 0.29) is 27.1 Å². The molecule has 0 aliphatic heterocycles. The number of benzene rings is 3. The third-order valence-corrected chi connectivity index (χ3v) is 8.57. The van der Waals surface area contributed by atoms with Crippen LogP contribution in [0.2, 0.25) is 0 Å². The van der Waals surface area contributed by atoms with E-state index in [2.05, 4.69) is 19.7 Å². The molecular formula is C26H23N5O5S2. The normalized spacial score (nSPS) is 11.8. The van der Waals surface area contributed by atoms with Crippen LogP contribution in [0, 0.1) is 13.8 Å². The highest BCUT2D eigenvalue weighted by molar-refractivity contribution is 7.93. The Morgan fingerprint density at radius 1 is 0.763 bits per heavy atom. The van der Waals surface area contributed by atoms with Crippen LogP contribution in [0.1, 0.15) is 11.3 Å². The maximum absolute atomic E-state index is 13.5. The predicted octanol–water partition coefficient (Wildman–Crippen LogP) is 4.75. The van der Waals surface area contributed by atoms with Crippen LogP contribution in [0.25, 0.3) is 16.9 Å². The Balaban J connectivity index is 1.44. The first-order valence-electron chi connectivity index (χ1n) is 11.4. The Morgan fingerprint density at radius 3 is 2.00 bits per heavy atom. The van der Waals surface area contributed by atoms with Gasteiger partial charge >= 0.3 is 0 Å². The summed E-state index contributed by atoms with van der Waals surface area (Å²) in [7, 11) is -8.08. The number of hydrogen-bond acceptors (Lipinski definition) is 7. The van der Waals surface area contributed by atoms with Gasteiger partial charge < -0.3 is 4.52 Å². The van der Waals surface area contributed by atoms with Crippen LogP contribution in [0.5, 0.6) is 0 Å². The Hall–Kier alpha value is -4.42. The molecule has 0 saturated heterocycles.